The van der Waals surface area contributed by atoms with Crippen LogP contribution in [-0.2, 0) is 4.79 Å². The Morgan fingerprint density at radius 1 is 1.43 bits per heavy atom. The predicted molar refractivity (Wildman–Crippen MR) is 85.1 cm³/mol. The second-order valence-electron chi connectivity index (χ2n) is 6.03. The van der Waals surface area contributed by atoms with Crippen LogP contribution in [0.1, 0.15) is 51.2 Å². The van der Waals surface area contributed by atoms with Gasteiger partial charge in [0, 0.05) is 0 Å². The molecule has 0 saturated carbocycles. The van der Waals surface area contributed by atoms with Gasteiger partial charge in [0.2, 0.25) is 0 Å². The summed E-state index contributed by atoms with van der Waals surface area (Å²) in [6.45, 7) is 10.6. The van der Waals surface area contributed by atoms with E-state index >= 15 is 0 Å². The lowest BCUT2D eigenvalue weighted by Gasteiger charge is -2.26. The van der Waals surface area contributed by atoms with Crippen molar-refractivity contribution in [3.63, 3.8) is 0 Å². The van der Waals surface area contributed by atoms with Gasteiger partial charge in [0.05, 0.1) is 0 Å². The van der Waals surface area contributed by atoms with Gasteiger partial charge in [-0.2, -0.15) is 0 Å². The number of nitrogens with one attached hydrogen (secondary N) is 1. The summed E-state index contributed by atoms with van der Waals surface area (Å²) in [5, 5.41) is 12.5. The quantitative estimate of drug-likeness (QED) is 0.772. The highest BCUT2D eigenvalue weighted by Gasteiger charge is 2.33. The van der Waals surface area contributed by atoms with E-state index in [1.165, 1.54) is 5.56 Å². The Kier molecular flexibility index (Phi) is 6.21. The van der Waals surface area contributed by atoms with E-state index in [1.807, 2.05) is 26.0 Å². The summed E-state index contributed by atoms with van der Waals surface area (Å²) in [4.78, 5) is 11.5. The van der Waals surface area contributed by atoms with Crippen LogP contribution in [0.3, 0.4) is 0 Å². The van der Waals surface area contributed by atoms with Gasteiger partial charge in [0.1, 0.15) is 17.9 Å². The molecule has 0 radical (unpaired) electrons. The zero-order valence-electron chi connectivity index (χ0n) is 13.7. The van der Waals surface area contributed by atoms with Crippen molar-refractivity contribution in [2.75, 3.05) is 13.2 Å². The average Bonchev–Trinajstić information content (AvgIpc) is 2.43. The van der Waals surface area contributed by atoms with Crippen molar-refractivity contribution in [3.05, 3.63) is 29.3 Å². The molecule has 0 heterocycles. The summed E-state index contributed by atoms with van der Waals surface area (Å²) < 4.78 is 5.81. The van der Waals surface area contributed by atoms with Gasteiger partial charge in [0.25, 0.3) is 0 Å². The highest BCUT2D eigenvalue weighted by Crippen LogP contribution is 2.25. The Morgan fingerprint density at radius 2 is 2.10 bits per heavy atom. The van der Waals surface area contributed by atoms with Crippen molar-refractivity contribution in [2.24, 2.45) is 0 Å². The molecule has 0 aliphatic carbocycles. The molecule has 118 valence electrons. The molecule has 0 aromatic heterocycles. The summed E-state index contributed by atoms with van der Waals surface area (Å²) >= 11 is 0. The summed E-state index contributed by atoms with van der Waals surface area (Å²) in [5.41, 5.74) is 1.13. The van der Waals surface area contributed by atoms with Crippen molar-refractivity contribution in [1.29, 1.82) is 0 Å². The van der Waals surface area contributed by atoms with Crippen molar-refractivity contribution < 1.29 is 14.6 Å². The molecule has 0 bridgehead atoms. The van der Waals surface area contributed by atoms with E-state index in [2.05, 4.69) is 25.2 Å². The number of benzene rings is 1. The second kappa shape index (κ2) is 7.46. The fraction of sp³-hybridized carbons (Fsp3) is 0.588. The van der Waals surface area contributed by atoms with Gasteiger partial charge >= 0.3 is 5.97 Å². The van der Waals surface area contributed by atoms with Crippen molar-refractivity contribution in [3.8, 4) is 5.75 Å². The van der Waals surface area contributed by atoms with Crippen molar-refractivity contribution in [2.45, 2.75) is 52.5 Å². The molecular formula is C17H27NO3. The van der Waals surface area contributed by atoms with E-state index in [0.29, 0.717) is 12.5 Å². The first kappa shape index (κ1) is 17.5. The third-order valence-corrected chi connectivity index (χ3v) is 3.63. The number of hydrogen-bond donors (Lipinski definition) is 2. The number of carboxylic acids is 1. The van der Waals surface area contributed by atoms with Gasteiger partial charge in [-0.1, -0.05) is 32.9 Å². The highest BCUT2D eigenvalue weighted by atomic mass is 16.5. The molecule has 0 amide bonds. The van der Waals surface area contributed by atoms with Crippen LogP contribution in [0.2, 0.25) is 0 Å². The van der Waals surface area contributed by atoms with Gasteiger partial charge in [-0.3, -0.25) is 10.1 Å². The van der Waals surface area contributed by atoms with Crippen LogP contribution in [-0.4, -0.2) is 29.8 Å². The highest BCUT2D eigenvalue weighted by molar-refractivity contribution is 5.78. The Labute approximate surface area is 127 Å². The number of rotatable bonds is 8. The number of aliphatic carboxylic acids is 1. The van der Waals surface area contributed by atoms with Crippen molar-refractivity contribution in [1.82, 2.24) is 5.32 Å². The second-order valence-corrected chi connectivity index (χ2v) is 6.03. The van der Waals surface area contributed by atoms with Crippen LogP contribution in [0.5, 0.6) is 5.75 Å². The van der Waals surface area contributed by atoms with Gasteiger partial charge in [0.15, 0.2) is 0 Å². The molecule has 1 rings (SSSR count). The third-order valence-electron chi connectivity index (χ3n) is 3.63. The van der Waals surface area contributed by atoms with E-state index in [4.69, 9.17) is 4.74 Å². The first-order valence-corrected chi connectivity index (χ1v) is 7.52. The zero-order valence-corrected chi connectivity index (χ0v) is 13.7. The Morgan fingerprint density at radius 3 is 2.62 bits per heavy atom. The van der Waals surface area contributed by atoms with Crippen LogP contribution < -0.4 is 10.1 Å². The summed E-state index contributed by atoms with van der Waals surface area (Å²) in [6, 6.07) is 6.10. The average molecular weight is 293 g/mol. The normalized spacial score (nSPS) is 14.0. The van der Waals surface area contributed by atoms with Crippen molar-refractivity contribution >= 4 is 5.97 Å². The van der Waals surface area contributed by atoms with Crippen LogP contribution in [0.25, 0.3) is 0 Å². The lowest BCUT2D eigenvalue weighted by atomic mass is 10.0. The maximum atomic E-state index is 11.5. The van der Waals surface area contributed by atoms with E-state index in [-0.39, 0.29) is 6.61 Å². The molecule has 1 atom stereocenters. The van der Waals surface area contributed by atoms with Gasteiger partial charge in [-0.05, 0) is 49.9 Å². The Balaban J connectivity index is 2.85. The van der Waals surface area contributed by atoms with E-state index in [9.17, 15) is 9.90 Å². The largest absolute Gasteiger partial charge is 0.491 e. The fourth-order valence-electron chi connectivity index (χ4n) is 1.94. The first-order valence-electron chi connectivity index (χ1n) is 7.52. The molecular weight excluding hydrogens is 266 g/mol. The van der Waals surface area contributed by atoms with Crippen LogP contribution in [0, 0.1) is 6.92 Å². The van der Waals surface area contributed by atoms with Gasteiger partial charge in [-0.25, -0.2) is 0 Å². The lowest BCUT2D eigenvalue weighted by Crippen LogP contribution is -2.54. The minimum atomic E-state index is -1.07. The third kappa shape index (κ3) is 4.74. The minimum absolute atomic E-state index is 0.102. The molecule has 0 aliphatic heterocycles. The SMILES string of the molecule is CCCNC(C)(COc1cc(C(C)C)ccc1C)C(=O)O. The molecule has 1 unspecified atom stereocenters. The van der Waals surface area contributed by atoms with E-state index in [0.717, 1.165) is 17.7 Å². The van der Waals surface area contributed by atoms with Crippen LogP contribution in [0.15, 0.2) is 18.2 Å². The number of carboxylic acid groups (broad SMARTS) is 1. The Hall–Kier alpha value is -1.55. The molecule has 4 nitrogen and oxygen atoms in total. The number of carbonyl (C=O) groups is 1. The molecule has 2 N–H and O–H groups in total. The minimum Gasteiger partial charge on any atom is -0.491 e. The lowest BCUT2D eigenvalue weighted by molar-refractivity contribution is -0.145. The molecule has 0 spiro atoms. The van der Waals surface area contributed by atoms with Gasteiger partial charge in [-0.15, -0.1) is 0 Å². The first-order chi connectivity index (χ1) is 9.80. The molecule has 1 aromatic carbocycles. The molecule has 0 saturated heterocycles. The molecule has 0 fully saturated rings. The summed E-state index contributed by atoms with van der Waals surface area (Å²) in [6.07, 6.45) is 0.880. The maximum Gasteiger partial charge on any atom is 0.327 e. The molecule has 0 aliphatic rings. The monoisotopic (exact) mass is 293 g/mol. The van der Waals surface area contributed by atoms with Crippen LogP contribution in [0.4, 0.5) is 0 Å². The van der Waals surface area contributed by atoms with Crippen LogP contribution >= 0.6 is 0 Å². The molecule has 1 aromatic rings. The zero-order chi connectivity index (χ0) is 16.0. The molecule has 21 heavy (non-hydrogen) atoms. The summed E-state index contributed by atoms with van der Waals surface area (Å²) in [5.74, 6) is 0.276. The standard InChI is InChI=1S/C17H27NO3/c1-6-9-18-17(5,16(19)20)11-21-15-10-14(12(2)3)8-7-13(15)4/h7-8,10,12,18H,6,9,11H2,1-5H3,(H,19,20). The Bertz CT molecular complexity index is 485. The van der Waals surface area contributed by atoms with Gasteiger partial charge < -0.3 is 9.84 Å². The van der Waals surface area contributed by atoms with E-state index in [1.54, 1.807) is 6.92 Å². The fourth-order valence-corrected chi connectivity index (χ4v) is 1.94. The van der Waals surface area contributed by atoms with E-state index < -0.39 is 11.5 Å². The predicted octanol–water partition coefficient (Wildman–Crippen LogP) is 3.34. The molecule has 4 heteroatoms. The maximum absolute atomic E-state index is 11.5. The summed E-state index contributed by atoms with van der Waals surface area (Å²) in [7, 11) is 0. The topological polar surface area (TPSA) is 58.6 Å². The number of hydrogen-bond acceptors (Lipinski definition) is 3. The smallest absolute Gasteiger partial charge is 0.327 e. The number of aryl methyl sites for hydroxylation is 1. The number of ether oxygens (including phenoxy) is 1.